The highest BCUT2D eigenvalue weighted by Crippen LogP contribution is 2.20. The third-order valence-electron chi connectivity index (χ3n) is 4.07. The van der Waals surface area contributed by atoms with Crippen LogP contribution < -0.4 is 4.74 Å². The van der Waals surface area contributed by atoms with E-state index in [9.17, 15) is 0 Å². The van der Waals surface area contributed by atoms with Gasteiger partial charge in [-0.15, -0.1) is 0 Å². The van der Waals surface area contributed by atoms with Crippen molar-refractivity contribution in [3.05, 3.63) is 29.8 Å². The van der Waals surface area contributed by atoms with Gasteiger partial charge in [0, 0.05) is 0 Å². The molecule has 0 aromatic heterocycles. The molecule has 0 saturated carbocycles. The van der Waals surface area contributed by atoms with Crippen molar-refractivity contribution in [2.24, 2.45) is 0 Å². The fraction of sp³-hybridized carbons (Fsp3) is 0.700. The van der Waals surface area contributed by atoms with Crippen molar-refractivity contribution in [3.8, 4) is 5.75 Å². The number of rotatable bonds is 13. The van der Waals surface area contributed by atoms with Crippen LogP contribution in [-0.4, -0.2) is 6.61 Å². The lowest BCUT2D eigenvalue weighted by molar-refractivity contribution is 0.336. The maximum atomic E-state index is 5.68. The standard InChI is InChI=1S/C20H34O/c1-3-5-6-7-8-9-10-11-12-13-16-19-17-14-15-18-20(19)21-4-2/h14-15,17-18H,3-13,16H2,1-2H3. The SMILES string of the molecule is CCCCCCCCCCCCc1ccccc1OCC. The molecule has 1 nitrogen and oxygen atoms in total. The molecule has 0 bridgehead atoms. The smallest absolute Gasteiger partial charge is 0.122 e. The van der Waals surface area contributed by atoms with Crippen LogP contribution in [0.25, 0.3) is 0 Å². The molecule has 1 aromatic carbocycles. The molecule has 1 aromatic rings. The zero-order valence-corrected chi connectivity index (χ0v) is 14.2. The first kappa shape index (κ1) is 18.1. The minimum Gasteiger partial charge on any atom is -0.494 e. The Kier molecular flexibility index (Phi) is 11.0. The molecule has 0 amide bonds. The molecule has 0 aliphatic heterocycles. The lowest BCUT2D eigenvalue weighted by Gasteiger charge is -2.09. The Balaban J connectivity index is 2.01. The van der Waals surface area contributed by atoms with Gasteiger partial charge in [-0.2, -0.15) is 0 Å². The van der Waals surface area contributed by atoms with Crippen LogP contribution in [0.4, 0.5) is 0 Å². The monoisotopic (exact) mass is 290 g/mol. The van der Waals surface area contributed by atoms with Crippen LogP contribution in [0.5, 0.6) is 5.75 Å². The van der Waals surface area contributed by atoms with E-state index in [4.69, 9.17) is 4.74 Å². The van der Waals surface area contributed by atoms with E-state index in [0.29, 0.717) is 0 Å². The Labute approximate surface area is 132 Å². The third-order valence-corrected chi connectivity index (χ3v) is 4.07. The highest BCUT2D eigenvalue weighted by atomic mass is 16.5. The molecule has 0 radical (unpaired) electrons. The van der Waals surface area contributed by atoms with Crippen LogP contribution >= 0.6 is 0 Å². The highest BCUT2D eigenvalue weighted by Gasteiger charge is 2.01. The number of ether oxygens (including phenoxy) is 1. The molecule has 0 saturated heterocycles. The predicted molar refractivity (Wildman–Crippen MR) is 93.2 cm³/mol. The van der Waals surface area contributed by atoms with Crippen LogP contribution in [0, 0.1) is 0 Å². The summed E-state index contributed by atoms with van der Waals surface area (Å²) in [7, 11) is 0. The molecule has 1 rings (SSSR count). The fourth-order valence-electron chi connectivity index (χ4n) is 2.81. The third kappa shape index (κ3) is 8.80. The maximum Gasteiger partial charge on any atom is 0.122 e. The molecule has 21 heavy (non-hydrogen) atoms. The molecule has 120 valence electrons. The largest absolute Gasteiger partial charge is 0.494 e. The van der Waals surface area contributed by atoms with Crippen molar-refractivity contribution in [2.45, 2.75) is 84.5 Å². The summed E-state index contributed by atoms with van der Waals surface area (Å²) in [5.74, 6) is 1.08. The minimum atomic E-state index is 0.759. The zero-order valence-electron chi connectivity index (χ0n) is 14.2. The first-order valence-corrected chi connectivity index (χ1v) is 9.09. The van der Waals surface area contributed by atoms with Gasteiger partial charge in [-0.05, 0) is 31.4 Å². The fourth-order valence-corrected chi connectivity index (χ4v) is 2.81. The summed E-state index contributed by atoms with van der Waals surface area (Å²) in [6, 6.07) is 8.48. The van der Waals surface area contributed by atoms with E-state index in [2.05, 4.69) is 38.1 Å². The number of hydrogen-bond acceptors (Lipinski definition) is 1. The number of unbranched alkanes of at least 4 members (excludes halogenated alkanes) is 9. The Bertz CT molecular complexity index is 345. The topological polar surface area (TPSA) is 9.23 Å². The normalized spacial score (nSPS) is 10.8. The van der Waals surface area contributed by atoms with Crippen LogP contribution in [0.2, 0.25) is 0 Å². The number of para-hydroxylation sites is 1. The Morgan fingerprint density at radius 2 is 1.29 bits per heavy atom. The molecular weight excluding hydrogens is 256 g/mol. The van der Waals surface area contributed by atoms with Crippen LogP contribution in [-0.2, 0) is 6.42 Å². The summed E-state index contributed by atoms with van der Waals surface area (Å²) in [6.45, 7) is 5.09. The first-order chi connectivity index (χ1) is 10.4. The summed E-state index contributed by atoms with van der Waals surface area (Å²) in [4.78, 5) is 0. The van der Waals surface area contributed by atoms with E-state index in [1.165, 1.54) is 69.8 Å². The van der Waals surface area contributed by atoms with Gasteiger partial charge < -0.3 is 4.74 Å². The summed E-state index contributed by atoms with van der Waals surface area (Å²) in [5, 5.41) is 0. The van der Waals surface area contributed by atoms with E-state index in [0.717, 1.165) is 18.8 Å². The predicted octanol–water partition coefficient (Wildman–Crippen LogP) is 6.55. The average Bonchev–Trinajstić information content (AvgIpc) is 2.51. The number of hydrogen-bond donors (Lipinski definition) is 0. The van der Waals surface area contributed by atoms with Gasteiger partial charge in [-0.3, -0.25) is 0 Å². The first-order valence-electron chi connectivity index (χ1n) is 9.09. The second kappa shape index (κ2) is 12.7. The summed E-state index contributed by atoms with van der Waals surface area (Å²) in [6.07, 6.45) is 15.1. The summed E-state index contributed by atoms with van der Waals surface area (Å²) in [5.41, 5.74) is 1.37. The molecule has 0 N–H and O–H groups in total. The van der Waals surface area contributed by atoms with Gasteiger partial charge in [-0.25, -0.2) is 0 Å². The van der Waals surface area contributed by atoms with Gasteiger partial charge in [0.05, 0.1) is 6.61 Å². The molecule has 1 heteroatoms. The van der Waals surface area contributed by atoms with E-state index in [-0.39, 0.29) is 0 Å². The van der Waals surface area contributed by atoms with Crippen molar-refractivity contribution >= 4 is 0 Å². The summed E-state index contributed by atoms with van der Waals surface area (Å²) >= 11 is 0. The van der Waals surface area contributed by atoms with E-state index in [1.807, 2.05) is 0 Å². The number of aryl methyl sites for hydroxylation is 1. The van der Waals surface area contributed by atoms with E-state index in [1.54, 1.807) is 0 Å². The lowest BCUT2D eigenvalue weighted by atomic mass is 10.0. The van der Waals surface area contributed by atoms with Crippen molar-refractivity contribution in [2.75, 3.05) is 6.61 Å². The maximum absolute atomic E-state index is 5.68. The van der Waals surface area contributed by atoms with Crippen molar-refractivity contribution in [1.82, 2.24) is 0 Å². The lowest BCUT2D eigenvalue weighted by Crippen LogP contribution is -1.96. The van der Waals surface area contributed by atoms with Crippen LogP contribution in [0.1, 0.15) is 83.6 Å². The van der Waals surface area contributed by atoms with Gasteiger partial charge in [0.25, 0.3) is 0 Å². The highest BCUT2D eigenvalue weighted by molar-refractivity contribution is 5.33. The molecule has 0 spiro atoms. The second-order valence-electron chi connectivity index (χ2n) is 5.97. The molecular formula is C20H34O. The Hall–Kier alpha value is -0.980. The minimum absolute atomic E-state index is 0.759. The molecule has 0 unspecified atom stereocenters. The molecule has 0 aliphatic rings. The number of benzene rings is 1. The van der Waals surface area contributed by atoms with Gasteiger partial charge in [0.2, 0.25) is 0 Å². The van der Waals surface area contributed by atoms with Crippen LogP contribution in [0.3, 0.4) is 0 Å². The van der Waals surface area contributed by atoms with Crippen molar-refractivity contribution in [1.29, 1.82) is 0 Å². The quantitative estimate of drug-likeness (QED) is 0.374. The molecule has 0 heterocycles. The second-order valence-corrected chi connectivity index (χ2v) is 5.97. The molecule has 0 fully saturated rings. The summed E-state index contributed by atoms with van der Waals surface area (Å²) < 4.78 is 5.68. The van der Waals surface area contributed by atoms with Gasteiger partial charge in [0.1, 0.15) is 5.75 Å². The van der Waals surface area contributed by atoms with Crippen molar-refractivity contribution < 1.29 is 4.74 Å². The van der Waals surface area contributed by atoms with E-state index < -0.39 is 0 Å². The van der Waals surface area contributed by atoms with Gasteiger partial charge >= 0.3 is 0 Å². The van der Waals surface area contributed by atoms with Gasteiger partial charge in [0.15, 0.2) is 0 Å². The Morgan fingerprint density at radius 1 is 0.714 bits per heavy atom. The molecule has 0 atom stereocenters. The zero-order chi connectivity index (χ0) is 15.2. The van der Waals surface area contributed by atoms with Crippen LogP contribution in [0.15, 0.2) is 24.3 Å². The van der Waals surface area contributed by atoms with E-state index >= 15 is 0 Å². The van der Waals surface area contributed by atoms with Crippen molar-refractivity contribution in [3.63, 3.8) is 0 Å². The van der Waals surface area contributed by atoms with Gasteiger partial charge in [-0.1, -0.05) is 82.9 Å². The molecule has 0 aliphatic carbocycles. The average molecular weight is 290 g/mol. The Morgan fingerprint density at radius 3 is 1.90 bits per heavy atom.